The predicted octanol–water partition coefficient (Wildman–Crippen LogP) is 9.07. The number of Topliss-reactive ketones (excluding diaryl/α,β-unsaturated/α-hetero) is 2. The van der Waals surface area contributed by atoms with E-state index in [0.717, 1.165) is 52.1 Å². The zero-order valence-electron chi connectivity index (χ0n) is 28.9. The highest BCUT2D eigenvalue weighted by atomic mass is 16.1. The lowest BCUT2D eigenvalue weighted by Gasteiger charge is -2.36. The zero-order valence-corrected chi connectivity index (χ0v) is 28.9. The SMILES string of the molecule is CC(=O)CCN1CCC(=C(c2ccccc2)c2ccccc2)CC1.CC(=O)CCN1CCC(C(c2ccccc2)c2ccccc2)CC1. The molecule has 48 heavy (non-hydrogen) atoms. The summed E-state index contributed by atoms with van der Waals surface area (Å²) in [7, 11) is 0. The molecule has 4 aromatic carbocycles. The third kappa shape index (κ3) is 10.4. The van der Waals surface area contributed by atoms with Crippen molar-refractivity contribution in [3.8, 4) is 0 Å². The van der Waals surface area contributed by atoms with Gasteiger partial charge in [-0.3, -0.25) is 9.59 Å². The fourth-order valence-corrected chi connectivity index (χ4v) is 7.28. The molecule has 250 valence electrons. The van der Waals surface area contributed by atoms with E-state index < -0.39 is 0 Å². The molecule has 0 aromatic heterocycles. The summed E-state index contributed by atoms with van der Waals surface area (Å²) >= 11 is 0. The first kappa shape index (κ1) is 35.2. The molecule has 0 unspecified atom stereocenters. The van der Waals surface area contributed by atoms with Gasteiger partial charge in [-0.25, -0.2) is 0 Å². The molecule has 2 fully saturated rings. The number of ketones is 2. The average Bonchev–Trinajstić information content (AvgIpc) is 3.13. The van der Waals surface area contributed by atoms with E-state index in [1.54, 1.807) is 13.8 Å². The number of hydrogen-bond donors (Lipinski definition) is 0. The number of rotatable bonds is 11. The third-order valence-corrected chi connectivity index (χ3v) is 9.92. The van der Waals surface area contributed by atoms with Gasteiger partial charge in [-0.2, -0.15) is 0 Å². The van der Waals surface area contributed by atoms with E-state index in [2.05, 4.69) is 131 Å². The molecule has 2 aliphatic heterocycles. The van der Waals surface area contributed by atoms with E-state index in [0.29, 0.717) is 30.5 Å². The second kappa shape index (κ2) is 18.4. The zero-order chi connectivity index (χ0) is 33.6. The van der Waals surface area contributed by atoms with E-state index >= 15 is 0 Å². The van der Waals surface area contributed by atoms with E-state index in [-0.39, 0.29) is 5.78 Å². The summed E-state index contributed by atoms with van der Waals surface area (Å²) in [4.78, 5) is 27.3. The molecule has 0 bridgehead atoms. The standard InChI is InChI=1S/C22H27NO.C22H25NO/c2*1-18(24)12-15-23-16-13-21(14-17-23)22(19-8-4-2-5-9-19)20-10-6-3-7-11-20/h2-11,21-22H,12-17H2,1H3;2-11H,12-17H2,1H3. The molecular weight excluding hydrogens is 588 g/mol. The Balaban J connectivity index is 0.000000188. The Morgan fingerprint density at radius 3 is 1.33 bits per heavy atom. The van der Waals surface area contributed by atoms with Crippen molar-refractivity contribution in [1.29, 1.82) is 0 Å². The van der Waals surface area contributed by atoms with Crippen LogP contribution in [-0.4, -0.2) is 60.6 Å². The molecule has 0 saturated carbocycles. The molecule has 0 amide bonds. The minimum atomic E-state index is 0.283. The second-order valence-electron chi connectivity index (χ2n) is 13.4. The molecule has 4 nitrogen and oxygen atoms in total. The molecule has 4 heteroatoms. The van der Waals surface area contributed by atoms with Gasteiger partial charge in [-0.15, -0.1) is 0 Å². The van der Waals surface area contributed by atoms with Crippen molar-refractivity contribution < 1.29 is 9.59 Å². The number of carbonyl (C=O) groups excluding carboxylic acids is 2. The molecular formula is C44H52N2O2. The van der Waals surface area contributed by atoms with Crippen molar-refractivity contribution >= 4 is 17.1 Å². The van der Waals surface area contributed by atoms with Gasteiger partial charge in [0, 0.05) is 44.9 Å². The van der Waals surface area contributed by atoms with Crippen LogP contribution in [0.2, 0.25) is 0 Å². The fraction of sp³-hybridized carbons (Fsp3) is 0.364. The molecule has 0 radical (unpaired) electrons. The topological polar surface area (TPSA) is 40.6 Å². The smallest absolute Gasteiger partial charge is 0.131 e. The van der Waals surface area contributed by atoms with Gasteiger partial charge >= 0.3 is 0 Å². The van der Waals surface area contributed by atoms with Gasteiger partial charge in [-0.1, -0.05) is 127 Å². The fourth-order valence-electron chi connectivity index (χ4n) is 7.28. The minimum absolute atomic E-state index is 0.283. The lowest BCUT2D eigenvalue weighted by molar-refractivity contribution is -0.118. The predicted molar refractivity (Wildman–Crippen MR) is 199 cm³/mol. The van der Waals surface area contributed by atoms with Crippen LogP contribution in [0.15, 0.2) is 127 Å². The van der Waals surface area contributed by atoms with Crippen LogP contribution in [0.5, 0.6) is 0 Å². The Hall–Kier alpha value is -4.12. The molecule has 4 aromatic rings. The van der Waals surface area contributed by atoms with Gasteiger partial charge < -0.3 is 9.80 Å². The van der Waals surface area contributed by atoms with Gasteiger partial charge in [0.05, 0.1) is 0 Å². The first-order valence-electron chi connectivity index (χ1n) is 17.8. The van der Waals surface area contributed by atoms with Crippen LogP contribution in [0, 0.1) is 5.92 Å². The summed E-state index contributed by atoms with van der Waals surface area (Å²) in [5, 5.41) is 0. The summed E-state index contributed by atoms with van der Waals surface area (Å²) in [6.45, 7) is 9.49. The van der Waals surface area contributed by atoms with Crippen LogP contribution in [0.4, 0.5) is 0 Å². The third-order valence-electron chi connectivity index (χ3n) is 9.92. The second-order valence-corrected chi connectivity index (χ2v) is 13.4. The highest BCUT2D eigenvalue weighted by Gasteiger charge is 2.28. The lowest BCUT2D eigenvalue weighted by Crippen LogP contribution is -2.37. The van der Waals surface area contributed by atoms with Gasteiger partial charge in [-0.05, 0) is 86.4 Å². The Morgan fingerprint density at radius 2 is 0.938 bits per heavy atom. The average molecular weight is 641 g/mol. The number of piperidine rings is 2. The molecule has 0 aliphatic carbocycles. The first-order chi connectivity index (χ1) is 23.5. The Kier molecular flexibility index (Phi) is 13.5. The number of carbonyl (C=O) groups is 2. The summed E-state index contributed by atoms with van der Waals surface area (Å²) in [6.07, 6.45) is 5.92. The van der Waals surface area contributed by atoms with Gasteiger partial charge in [0.2, 0.25) is 0 Å². The van der Waals surface area contributed by atoms with Crippen LogP contribution >= 0.6 is 0 Å². The van der Waals surface area contributed by atoms with Crippen LogP contribution in [0.3, 0.4) is 0 Å². The van der Waals surface area contributed by atoms with E-state index in [1.165, 1.54) is 46.2 Å². The summed E-state index contributed by atoms with van der Waals surface area (Å²) < 4.78 is 0. The van der Waals surface area contributed by atoms with Crippen LogP contribution in [0.25, 0.3) is 5.57 Å². The number of hydrogen-bond acceptors (Lipinski definition) is 4. The Morgan fingerprint density at radius 1 is 0.562 bits per heavy atom. The van der Waals surface area contributed by atoms with Crippen molar-refractivity contribution in [2.24, 2.45) is 5.92 Å². The summed E-state index contributed by atoms with van der Waals surface area (Å²) in [5.41, 5.74) is 8.37. The van der Waals surface area contributed by atoms with Crippen LogP contribution < -0.4 is 0 Å². The summed E-state index contributed by atoms with van der Waals surface area (Å²) in [5.74, 6) is 1.72. The van der Waals surface area contributed by atoms with Gasteiger partial charge in [0.1, 0.15) is 11.6 Å². The van der Waals surface area contributed by atoms with Crippen molar-refractivity contribution in [2.75, 3.05) is 39.3 Å². The Bertz CT molecular complexity index is 1490. The van der Waals surface area contributed by atoms with Crippen molar-refractivity contribution in [3.63, 3.8) is 0 Å². The van der Waals surface area contributed by atoms with E-state index in [9.17, 15) is 9.59 Å². The maximum absolute atomic E-state index is 11.2. The molecule has 0 N–H and O–H groups in total. The number of benzene rings is 4. The van der Waals surface area contributed by atoms with Gasteiger partial charge in [0.25, 0.3) is 0 Å². The first-order valence-corrected chi connectivity index (χ1v) is 17.8. The highest BCUT2D eigenvalue weighted by Crippen LogP contribution is 2.38. The summed E-state index contributed by atoms with van der Waals surface area (Å²) in [6, 6.07) is 43.2. The van der Waals surface area contributed by atoms with E-state index in [1.807, 2.05) is 0 Å². The Labute approximate surface area is 288 Å². The quantitative estimate of drug-likeness (QED) is 0.164. The largest absolute Gasteiger partial charge is 0.303 e. The van der Waals surface area contributed by atoms with Crippen molar-refractivity contribution in [3.05, 3.63) is 149 Å². The van der Waals surface area contributed by atoms with E-state index in [4.69, 9.17) is 0 Å². The normalized spacial score (nSPS) is 15.9. The maximum atomic E-state index is 11.2. The molecule has 2 saturated heterocycles. The van der Waals surface area contributed by atoms with Crippen LogP contribution in [0.1, 0.15) is 80.5 Å². The lowest BCUT2D eigenvalue weighted by atomic mass is 9.76. The molecule has 0 atom stereocenters. The maximum Gasteiger partial charge on any atom is 0.131 e. The monoisotopic (exact) mass is 640 g/mol. The van der Waals surface area contributed by atoms with Crippen LogP contribution in [-0.2, 0) is 9.59 Å². The number of nitrogens with zero attached hydrogens (tertiary/aromatic N) is 2. The molecule has 0 spiro atoms. The molecule has 6 rings (SSSR count). The minimum Gasteiger partial charge on any atom is -0.303 e. The molecule has 2 heterocycles. The highest BCUT2D eigenvalue weighted by molar-refractivity contribution is 5.82. The van der Waals surface area contributed by atoms with Crippen molar-refractivity contribution in [2.45, 2.75) is 58.3 Å². The van der Waals surface area contributed by atoms with Crippen molar-refractivity contribution in [1.82, 2.24) is 9.80 Å². The number of likely N-dealkylation sites (tertiary alicyclic amines) is 2. The van der Waals surface area contributed by atoms with Gasteiger partial charge in [0.15, 0.2) is 0 Å². The molecule has 2 aliphatic rings.